The Morgan fingerprint density at radius 1 is 1.39 bits per heavy atom. The predicted molar refractivity (Wildman–Crippen MR) is 68.9 cm³/mol. The highest BCUT2D eigenvalue weighted by Gasteiger charge is 2.01. The van der Waals surface area contributed by atoms with Crippen LogP contribution in [0.15, 0.2) is 6.20 Å². The van der Waals surface area contributed by atoms with Crippen molar-refractivity contribution < 1.29 is 10.2 Å². The number of aryl methyl sites for hydroxylation is 1. The Labute approximate surface area is 108 Å². The van der Waals surface area contributed by atoms with Crippen LogP contribution in [0.2, 0.25) is 0 Å². The Hall–Kier alpha value is -0.980. The van der Waals surface area contributed by atoms with Gasteiger partial charge in [-0.25, -0.2) is 0 Å². The van der Waals surface area contributed by atoms with Crippen LogP contribution < -0.4 is 5.32 Å². The second-order valence-corrected chi connectivity index (χ2v) is 4.66. The molecule has 1 rings (SSSR count). The monoisotopic (exact) mass is 256 g/mol. The maximum atomic E-state index is 8.88. The molecular weight excluding hydrogens is 232 g/mol. The van der Waals surface area contributed by atoms with Gasteiger partial charge < -0.3 is 15.5 Å². The molecule has 3 N–H and O–H groups in total. The minimum atomic E-state index is 0.177. The van der Waals surface area contributed by atoms with Crippen LogP contribution in [0.1, 0.15) is 31.9 Å². The smallest absolute Gasteiger partial charge is 0.0964 e. The number of nitrogens with one attached hydrogen (secondary N) is 1. The Bertz CT molecular complexity index is 317. The molecule has 0 bridgehead atoms. The quantitative estimate of drug-likeness (QED) is 0.519. The van der Waals surface area contributed by atoms with Gasteiger partial charge in [0, 0.05) is 32.5 Å². The molecule has 0 spiro atoms. The molecule has 0 fully saturated rings. The summed E-state index contributed by atoms with van der Waals surface area (Å²) < 4.78 is 1.75. The van der Waals surface area contributed by atoms with Crippen LogP contribution in [0.5, 0.6) is 0 Å². The van der Waals surface area contributed by atoms with E-state index >= 15 is 0 Å². The highest BCUT2D eigenvalue weighted by Crippen LogP contribution is 2.02. The normalized spacial score (nSPS) is 12.8. The van der Waals surface area contributed by atoms with Crippen LogP contribution >= 0.6 is 0 Å². The lowest BCUT2D eigenvalue weighted by molar-refractivity contribution is 0.228. The molecule has 0 amide bonds. The number of aliphatic hydroxyl groups is 2. The molecule has 0 aliphatic heterocycles. The number of hydrogen-bond donors (Lipinski definition) is 3. The van der Waals surface area contributed by atoms with E-state index in [2.05, 4.69) is 15.6 Å². The standard InChI is InChI=1S/C12H24N4O2/c1-11(10-18)4-2-5-13-8-12-9-16(15-14-12)6-3-7-17/h9,11,13,17-18H,2-8,10H2,1H3. The van der Waals surface area contributed by atoms with E-state index in [0.29, 0.717) is 25.4 Å². The summed E-state index contributed by atoms with van der Waals surface area (Å²) in [4.78, 5) is 0. The third-order valence-electron chi connectivity index (χ3n) is 2.80. The molecule has 104 valence electrons. The fourth-order valence-corrected chi connectivity index (χ4v) is 1.64. The lowest BCUT2D eigenvalue weighted by Gasteiger charge is -2.07. The van der Waals surface area contributed by atoms with Gasteiger partial charge in [0.15, 0.2) is 0 Å². The van der Waals surface area contributed by atoms with Crippen LogP contribution in [0.4, 0.5) is 0 Å². The number of hydrogen-bond acceptors (Lipinski definition) is 5. The molecular formula is C12H24N4O2. The van der Waals surface area contributed by atoms with Crippen LogP contribution in [0, 0.1) is 5.92 Å². The molecule has 1 heterocycles. The molecule has 0 saturated carbocycles. The molecule has 1 aromatic heterocycles. The summed E-state index contributed by atoms with van der Waals surface area (Å²) in [6.07, 6.45) is 4.70. The maximum absolute atomic E-state index is 8.88. The zero-order valence-corrected chi connectivity index (χ0v) is 11.0. The van der Waals surface area contributed by atoms with E-state index in [4.69, 9.17) is 10.2 Å². The van der Waals surface area contributed by atoms with Crippen LogP contribution in [-0.4, -0.2) is 45.0 Å². The molecule has 0 aromatic carbocycles. The van der Waals surface area contributed by atoms with Gasteiger partial charge in [-0.05, 0) is 31.7 Å². The molecule has 0 aliphatic carbocycles. The van der Waals surface area contributed by atoms with Gasteiger partial charge in [0.2, 0.25) is 0 Å². The topological polar surface area (TPSA) is 83.2 Å². The van der Waals surface area contributed by atoms with Crippen molar-refractivity contribution in [1.29, 1.82) is 0 Å². The van der Waals surface area contributed by atoms with Crippen LogP contribution in [0.25, 0.3) is 0 Å². The molecule has 1 atom stereocenters. The van der Waals surface area contributed by atoms with E-state index in [1.54, 1.807) is 4.68 Å². The molecule has 6 nitrogen and oxygen atoms in total. The molecule has 0 saturated heterocycles. The minimum Gasteiger partial charge on any atom is -0.396 e. The summed E-state index contributed by atoms with van der Waals surface area (Å²) in [5.74, 6) is 0.381. The van der Waals surface area contributed by atoms with E-state index in [9.17, 15) is 0 Å². The number of nitrogens with zero attached hydrogens (tertiary/aromatic N) is 3. The summed E-state index contributed by atoms with van der Waals surface area (Å²) in [6, 6.07) is 0. The van der Waals surface area contributed by atoms with Gasteiger partial charge in [-0.3, -0.25) is 4.68 Å². The van der Waals surface area contributed by atoms with Gasteiger partial charge in [0.05, 0.1) is 5.69 Å². The van der Waals surface area contributed by atoms with E-state index in [-0.39, 0.29) is 13.2 Å². The summed E-state index contributed by atoms with van der Waals surface area (Å²) in [5, 5.41) is 28.9. The van der Waals surface area contributed by atoms with Gasteiger partial charge in [0.1, 0.15) is 0 Å². The zero-order chi connectivity index (χ0) is 13.2. The lowest BCUT2D eigenvalue weighted by Crippen LogP contribution is -2.16. The maximum Gasteiger partial charge on any atom is 0.0964 e. The van der Waals surface area contributed by atoms with Gasteiger partial charge in [0.25, 0.3) is 0 Å². The van der Waals surface area contributed by atoms with E-state index in [1.807, 2.05) is 13.1 Å². The van der Waals surface area contributed by atoms with Crippen molar-refractivity contribution in [1.82, 2.24) is 20.3 Å². The average Bonchev–Trinajstić information content (AvgIpc) is 2.83. The van der Waals surface area contributed by atoms with E-state index in [0.717, 1.165) is 25.1 Å². The molecule has 0 aliphatic rings. The summed E-state index contributed by atoms with van der Waals surface area (Å²) in [7, 11) is 0. The third-order valence-corrected chi connectivity index (χ3v) is 2.80. The van der Waals surface area contributed by atoms with Gasteiger partial charge in [-0.2, -0.15) is 0 Å². The Kier molecular flexibility index (Phi) is 7.55. The Morgan fingerprint density at radius 3 is 2.94 bits per heavy atom. The fourth-order valence-electron chi connectivity index (χ4n) is 1.64. The first-order valence-corrected chi connectivity index (χ1v) is 6.57. The highest BCUT2D eigenvalue weighted by molar-refractivity contribution is 4.91. The predicted octanol–water partition coefficient (Wildman–Crippen LogP) is 0.159. The molecule has 1 unspecified atom stereocenters. The first-order chi connectivity index (χ1) is 8.76. The van der Waals surface area contributed by atoms with Crippen molar-refractivity contribution in [3.63, 3.8) is 0 Å². The molecule has 0 radical (unpaired) electrons. The number of aliphatic hydroxyl groups excluding tert-OH is 2. The molecule has 6 heteroatoms. The minimum absolute atomic E-state index is 0.177. The van der Waals surface area contributed by atoms with E-state index < -0.39 is 0 Å². The van der Waals surface area contributed by atoms with Gasteiger partial charge in [-0.15, -0.1) is 5.10 Å². The van der Waals surface area contributed by atoms with Gasteiger partial charge >= 0.3 is 0 Å². The molecule has 1 aromatic rings. The summed E-state index contributed by atoms with van der Waals surface area (Å²) >= 11 is 0. The second kappa shape index (κ2) is 9.02. The first kappa shape index (κ1) is 15.1. The molecule has 18 heavy (non-hydrogen) atoms. The van der Waals surface area contributed by atoms with Gasteiger partial charge in [-0.1, -0.05) is 12.1 Å². The van der Waals surface area contributed by atoms with Crippen molar-refractivity contribution in [3.8, 4) is 0 Å². The van der Waals surface area contributed by atoms with Crippen molar-refractivity contribution in [2.75, 3.05) is 19.8 Å². The second-order valence-electron chi connectivity index (χ2n) is 4.66. The Morgan fingerprint density at radius 2 is 2.22 bits per heavy atom. The highest BCUT2D eigenvalue weighted by atomic mass is 16.3. The van der Waals surface area contributed by atoms with E-state index in [1.165, 1.54) is 0 Å². The van der Waals surface area contributed by atoms with Crippen molar-refractivity contribution in [2.45, 2.75) is 39.3 Å². The van der Waals surface area contributed by atoms with Crippen molar-refractivity contribution in [2.24, 2.45) is 5.92 Å². The SMILES string of the molecule is CC(CO)CCCNCc1cn(CCCO)nn1. The summed E-state index contributed by atoms with van der Waals surface area (Å²) in [5.41, 5.74) is 0.920. The number of aromatic nitrogens is 3. The fraction of sp³-hybridized carbons (Fsp3) is 0.833. The summed E-state index contributed by atoms with van der Waals surface area (Å²) in [6.45, 7) is 4.83. The zero-order valence-electron chi connectivity index (χ0n) is 11.0. The van der Waals surface area contributed by atoms with Crippen LogP contribution in [0.3, 0.4) is 0 Å². The largest absolute Gasteiger partial charge is 0.396 e. The average molecular weight is 256 g/mol. The third kappa shape index (κ3) is 6.09. The van der Waals surface area contributed by atoms with Crippen LogP contribution in [-0.2, 0) is 13.1 Å². The lowest BCUT2D eigenvalue weighted by atomic mass is 10.1. The van der Waals surface area contributed by atoms with Crippen molar-refractivity contribution in [3.05, 3.63) is 11.9 Å². The first-order valence-electron chi connectivity index (χ1n) is 6.57. The van der Waals surface area contributed by atoms with Crippen molar-refractivity contribution >= 4 is 0 Å². The Balaban J connectivity index is 2.10. The number of rotatable bonds is 10.